The van der Waals surface area contributed by atoms with E-state index < -0.39 is 0 Å². The summed E-state index contributed by atoms with van der Waals surface area (Å²) < 4.78 is 0. The summed E-state index contributed by atoms with van der Waals surface area (Å²) in [4.78, 5) is 2.51. The van der Waals surface area contributed by atoms with Crippen LogP contribution in [0.4, 0.5) is 5.69 Å². The lowest BCUT2D eigenvalue weighted by molar-refractivity contribution is 0.416. The van der Waals surface area contributed by atoms with Gasteiger partial charge in [0, 0.05) is 24.8 Å². The van der Waals surface area contributed by atoms with Crippen LogP contribution in [0.25, 0.3) is 0 Å². The first-order chi connectivity index (χ1) is 9.34. The second-order valence-electron chi connectivity index (χ2n) is 5.22. The molecular weight excluding hydrogens is 232 g/mol. The van der Waals surface area contributed by atoms with Crippen molar-refractivity contribution in [3.8, 4) is 0 Å². The summed E-state index contributed by atoms with van der Waals surface area (Å²) >= 11 is 0. The van der Waals surface area contributed by atoms with Gasteiger partial charge < -0.3 is 10.2 Å². The number of rotatable bonds is 2. The summed E-state index contributed by atoms with van der Waals surface area (Å²) in [5, 5.41) is 3.59. The molecule has 2 aromatic rings. The van der Waals surface area contributed by atoms with Crippen molar-refractivity contribution in [1.29, 1.82) is 0 Å². The second kappa shape index (κ2) is 5.45. The van der Waals surface area contributed by atoms with E-state index in [0.717, 1.165) is 13.1 Å². The average Bonchev–Trinajstić information content (AvgIpc) is 2.49. The fraction of sp³-hybridized carbons (Fsp3) is 0.294. The zero-order chi connectivity index (χ0) is 13.1. The third-order valence-electron chi connectivity index (χ3n) is 3.78. The Morgan fingerprint density at radius 3 is 2.26 bits per heavy atom. The van der Waals surface area contributed by atoms with Crippen LogP contribution in [0.15, 0.2) is 60.7 Å². The van der Waals surface area contributed by atoms with Gasteiger partial charge >= 0.3 is 0 Å². The van der Waals surface area contributed by atoms with E-state index in [1.807, 2.05) is 0 Å². The third-order valence-corrected chi connectivity index (χ3v) is 3.78. The van der Waals surface area contributed by atoms with Gasteiger partial charge in [0.15, 0.2) is 0 Å². The summed E-state index contributed by atoms with van der Waals surface area (Å²) in [6, 6.07) is 22.4. The molecule has 3 rings (SSSR count). The molecule has 2 nitrogen and oxygen atoms in total. The molecule has 19 heavy (non-hydrogen) atoms. The molecule has 1 aliphatic heterocycles. The number of hydrogen-bond donors (Lipinski definition) is 1. The van der Waals surface area contributed by atoms with Crippen LogP contribution in [0.5, 0.6) is 0 Å². The van der Waals surface area contributed by atoms with Gasteiger partial charge in [-0.3, -0.25) is 0 Å². The van der Waals surface area contributed by atoms with Gasteiger partial charge in [0.1, 0.15) is 0 Å². The molecule has 2 unspecified atom stereocenters. The smallest absolute Gasteiger partial charge is 0.0667 e. The van der Waals surface area contributed by atoms with Crippen molar-refractivity contribution < 1.29 is 0 Å². The van der Waals surface area contributed by atoms with Gasteiger partial charge in [-0.1, -0.05) is 48.5 Å². The number of piperazine rings is 1. The molecule has 1 heterocycles. The maximum absolute atomic E-state index is 3.59. The molecule has 1 aliphatic rings. The molecule has 0 amide bonds. The molecule has 0 radical (unpaired) electrons. The predicted molar refractivity (Wildman–Crippen MR) is 80.4 cm³/mol. The molecule has 0 spiro atoms. The maximum Gasteiger partial charge on any atom is 0.0667 e. The largest absolute Gasteiger partial charge is 0.362 e. The Labute approximate surface area is 115 Å². The van der Waals surface area contributed by atoms with Gasteiger partial charge in [0.25, 0.3) is 0 Å². The minimum Gasteiger partial charge on any atom is -0.362 e. The van der Waals surface area contributed by atoms with Gasteiger partial charge in [-0.15, -0.1) is 0 Å². The van der Waals surface area contributed by atoms with Gasteiger partial charge in [-0.05, 0) is 24.6 Å². The maximum atomic E-state index is 3.59. The Morgan fingerprint density at radius 1 is 0.947 bits per heavy atom. The molecular formula is C17H20N2. The molecule has 1 N–H and O–H groups in total. The summed E-state index contributed by atoms with van der Waals surface area (Å²) in [6.45, 7) is 4.29. The first-order valence-corrected chi connectivity index (χ1v) is 6.94. The summed E-state index contributed by atoms with van der Waals surface area (Å²) in [5.41, 5.74) is 2.69. The lowest BCUT2D eigenvalue weighted by Gasteiger charge is -2.41. The number of anilines is 1. The average molecular weight is 252 g/mol. The monoisotopic (exact) mass is 252 g/mol. The van der Waals surface area contributed by atoms with Crippen LogP contribution in [0.1, 0.15) is 18.5 Å². The van der Waals surface area contributed by atoms with Crippen LogP contribution in [0, 0.1) is 0 Å². The standard InChI is InChI=1S/C17H20N2/c1-14-13-19(16-10-6-3-7-11-16)17(12-18-14)15-8-4-2-5-9-15/h2-11,14,17-18H,12-13H2,1H3. The van der Waals surface area contributed by atoms with Gasteiger partial charge in [-0.2, -0.15) is 0 Å². The fourth-order valence-corrected chi connectivity index (χ4v) is 2.79. The van der Waals surface area contributed by atoms with Crippen molar-refractivity contribution in [2.24, 2.45) is 0 Å². The molecule has 0 saturated carbocycles. The normalized spacial score (nSPS) is 23.3. The first-order valence-electron chi connectivity index (χ1n) is 6.94. The zero-order valence-corrected chi connectivity index (χ0v) is 11.3. The molecule has 98 valence electrons. The van der Waals surface area contributed by atoms with Gasteiger partial charge in [-0.25, -0.2) is 0 Å². The van der Waals surface area contributed by atoms with Gasteiger partial charge in [0.05, 0.1) is 6.04 Å². The van der Waals surface area contributed by atoms with Crippen LogP contribution in [-0.2, 0) is 0 Å². The minimum absolute atomic E-state index is 0.416. The van der Waals surface area contributed by atoms with E-state index >= 15 is 0 Å². The number of nitrogens with one attached hydrogen (secondary N) is 1. The highest BCUT2D eigenvalue weighted by Gasteiger charge is 2.26. The van der Waals surface area contributed by atoms with Crippen LogP contribution in [-0.4, -0.2) is 19.1 Å². The summed E-state index contributed by atoms with van der Waals surface area (Å²) in [7, 11) is 0. The summed E-state index contributed by atoms with van der Waals surface area (Å²) in [5.74, 6) is 0. The highest BCUT2D eigenvalue weighted by Crippen LogP contribution is 2.29. The molecule has 2 atom stereocenters. The molecule has 1 saturated heterocycles. The van der Waals surface area contributed by atoms with Crippen LogP contribution < -0.4 is 10.2 Å². The highest BCUT2D eigenvalue weighted by atomic mass is 15.2. The fourth-order valence-electron chi connectivity index (χ4n) is 2.79. The predicted octanol–water partition coefficient (Wildman–Crippen LogP) is 3.23. The Bertz CT molecular complexity index is 509. The van der Waals surface area contributed by atoms with Crippen LogP contribution >= 0.6 is 0 Å². The molecule has 0 aromatic heterocycles. The quantitative estimate of drug-likeness (QED) is 0.883. The van der Waals surface area contributed by atoms with E-state index in [9.17, 15) is 0 Å². The van der Waals surface area contributed by atoms with E-state index in [-0.39, 0.29) is 0 Å². The second-order valence-corrected chi connectivity index (χ2v) is 5.22. The Hall–Kier alpha value is -1.80. The van der Waals surface area contributed by atoms with Crippen molar-refractivity contribution in [3.05, 3.63) is 66.2 Å². The van der Waals surface area contributed by atoms with Crippen LogP contribution in [0.3, 0.4) is 0 Å². The number of benzene rings is 2. The molecule has 1 fully saturated rings. The Morgan fingerprint density at radius 2 is 1.58 bits per heavy atom. The first kappa shape index (κ1) is 12.2. The van der Waals surface area contributed by atoms with Crippen molar-refractivity contribution >= 4 is 5.69 Å². The van der Waals surface area contributed by atoms with E-state index in [1.165, 1.54) is 11.3 Å². The number of hydrogen-bond acceptors (Lipinski definition) is 2. The third kappa shape index (κ3) is 2.64. The van der Waals surface area contributed by atoms with Crippen molar-refractivity contribution in [2.75, 3.05) is 18.0 Å². The van der Waals surface area contributed by atoms with Gasteiger partial charge in [0.2, 0.25) is 0 Å². The Kier molecular flexibility index (Phi) is 3.51. The van der Waals surface area contributed by atoms with E-state index in [2.05, 4.69) is 77.8 Å². The van der Waals surface area contributed by atoms with Crippen molar-refractivity contribution in [3.63, 3.8) is 0 Å². The minimum atomic E-state index is 0.416. The van der Waals surface area contributed by atoms with Crippen LogP contribution in [0.2, 0.25) is 0 Å². The SMILES string of the molecule is CC1CN(c2ccccc2)C(c2ccccc2)CN1. The topological polar surface area (TPSA) is 15.3 Å². The van der Waals surface area contributed by atoms with Crippen molar-refractivity contribution in [2.45, 2.75) is 19.0 Å². The lowest BCUT2D eigenvalue weighted by Crippen LogP contribution is -2.51. The molecule has 0 aliphatic carbocycles. The number of nitrogens with zero attached hydrogens (tertiary/aromatic N) is 1. The highest BCUT2D eigenvalue weighted by molar-refractivity contribution is 5.49. The van der Waals surface area contributed by atoms with Crippen molar-refractivity contribution in [1.82, 2.24) is 5.32 Å². The molecule has 0 bridgehead atoms. The molecule has 2 aromatic carbocycles. The zero-order valence-electron chi connectivity index (χ0n) is 11.3. The lowest BCUT2D eigenvalue weighted by atomic mass is 10.0. The molecule has 2 heteroatoms. The van der Waals surface area contributed by atoms with E-state index in [1.54, 1.807) is 0 Å². The Balaban J connectivity index is 1.93. The summed E-state index contributed by atoms with van der Waals surface area (Å²) in [6.07, 6.45) is 0. The van der Waals surface area contributed by atoms with E-state index in [4.69, 9.17) is 0 Å². The van der Waals surface area contributed by atoms with E-state index in [0.29, 0.717) is 12.1 Å². The number of para-hydroxylation sites is 1.